The Morgan fingerprint density at radius 3 is 2.62 bits per heavy atom. The molecule has 0 aliphatic carbocycles. The highest BCUT2D eigenvalue weighted by Gasteiger charge is 2.08. The molecule has 2 rings (SSSR count). The van der Waals surface area contributed by atoms with E-state index in [1.807, 2.05) is 38.1 Å². The summed E-state index contributed by atoms with van der Waals surface area (Å²) >= 11 is 3.34. The number of ether oxygens (including phenoxy) is 2. The fourth-order valence-electron chi connectivity index (χ4n) is 2.02. The minimum Gasteiger partial charge on any atom is -0.494 e. The molecule has 24 heavy (non-hydrogen) atoms. The third-order valence-corrected chi connectivity index (χ3v) is 3.78. The van der Waals surface area contributed by atoms with E-state index < -0.39 is 0 Å². The van der Waals surface area contributed by atoms with Crippen LogP contribution in [0, 0.1) is 0 Å². The number of rotatable bonds is 7. The molecular weight excluding hydrogens is 372 g/mol. The summed E-state index contributed by atoms with van der Waals surface area (Å²) in [7, 11) is 0. The van der Waals surface area contributed by atoms with Crippen LogP contribution in [0.1, 0.15) is 29.8 Å². The second-order valence-corrected chi connectivity index (χ2v) is 5.60. The fourth-order valence-corrected chi connectivity index (χ4v) is 2.49. The Hall–Kier alpha value is -2.34. The summed E-state index contributed by atoms with van der Waals surface area (Å²) in [6.45, 7) is 4.94. The molecule has 0 heterocycles. The van der Waals surface area contributed by atoms with Crippen LogP contribution in [0.15, 0.2) is 52.0 Å². The van der Waals surface area contributed by atoms with Crippen LogP contribution in [0.3, 0.4) is 0 Å². The first-order valence-electron chi connectivity index (χ1n) is 7.63. The van der Waals surface area contributed by atoms with Crippen LogP contribution < -0.4 is 14.9 Å². The molecule has 5 nitrogen and oxygen atoms in total. The lowest BCUT2D eigenvalue weighted by Gasteiger charge is -2.10. The zero-order valence-electron chi connectivity index (χ0n) is 13.6. The Labute approximate surface area is 149 Å². The van der Waals surface area contributed by atoms with Crippen molar-refractivity contribution in [1.82, 2.24) is 5.43 Å². The standard InChI is InChI=1S/C18H19BrN2O3/c1-3-23-14-10-9-13(17(11-14)24-4-2)12-20-21-18(22)15-7-5-6-8-16(15)19/h5-12H,3-4H2,1-2H3,(H,21,22)/b20-12+. The van der Waals surface area contributed by atoms with Crippen molar-refractivity contribution in [3.8, 4) is 11.5 Å². The maximum Gasteiger partial charge on any atom is 0.272 e. The third-order valence-electron chi connectivity index (χ3n) is 3.08. The molecule has 1 N–H and O–H groups in total. The maximum absolute atomic E-state index is 12.1. The monoisotopic (exact) mass is 390 g/mol. The lowest BCUT2D eigenvalue weighted by molar-refractivity contribution is 0.0954. The summed E-state index contributed by atoms with van der Waals surface area (Å²) in [5.74, 6) is 1.10. The summed E-state index contributed by atoms with van der Waals surface area (Å²) in [6, 6.07) is 12.6. The summed E-state index contributed by atoms with van der Waals surface area (Å²) in [4.78, 5) is 12.1. The number of hydrogen-bond acceptors (Lipinski definition) is 4. The average Bonchev–Trinajstić information content (AvgIpc) is 2.57. The van der Waals surface area contributed by atoms with Gasteiger partial charge >= 0.3 is 0 Å². The van der Waals surface area contributed by atoms with Gasteiger partial charge in [0.05, 0.1) is 25.0 Å². The van der Waals surface area contributed by atoms with Crippen molar-refractivity contribution >= 4 is 28.1 Å². The molecule has 0 aliphatic rings. The Bertz CT molecular complexity index is 732. The van der Waals surface area contributed by atoms with Crippen LogP contribution in [0.4, 0.5) is 0 Å². The first-order valence-corrected chi connectivity index (χ1v) is 8.42. The van der Waals surface area contributed by atoms with E-state index in [-0.39, 0.29) is 5.91 Å². The van der Waals surface area contributed by atoms with Crippen molar-refractivity contribution in [2.75, 3.05) is 13.2 Å². The second-order valence-electron chi connectivity index (χ2n) is 4.74. The van der Waals surface area contributed by atoms with Crippen LogP contribution in [-0.4, -0.2) is 25.3 Å². The molecule has 2 aromatic carbocycles. The molecule has 0 radical (unpaired) electrons. The summed E-state index contributed by atoms with van der Waals surface area (Å²) in [6.07, 6.45) is 1.55. The van der Waals surface area contributed by atoms with Crippen molar-refractivity contribution in [3.63, 3.8) is 0 Å². The van der Waals surface area contributed by atoms with Gasteiger partial charge in [-0.3, -0.25) is 4.79 Å². The zero-order valence-corrected chi connectivity index (χ0v) is 15.2. The van der Waals surface area contributed by atoms with Gasteiger partial charge in [-0.2, -0.15) is 5.10 Å². The molecule has 126 valence electrons. The van der Waals surface area contributed by atoms with Crippen LogP contribution >= 0.6 is 15.9 Å². The van der Waals surface area contributed by atoms with E-state index >= 15 is 0 Å². The van der Waals surface area contributed by atoms with Gasteiger partial charge in [0, 0.05) is 16.1 Å². The van der Waals surface area contributed by atoms with Crippen LogP contribution in [0.25, 0.3) is 0 Å². The van der Waals surface area contributed by atoms with Crippen molar-refractivity contribution in [1.29, 1.82) is 0 Å². The highest BCUT2D eigenvalue weighted by molar-refractivity contribution is 9.10. The first-order chi connectivity index (χ1) is 11.7. The minimum absolute atomic E-state index is 0.289. The molecule has 0 saturated heterocycles. The number of benzene rings is 2. The van der Waals surface area contributed by atoms with Gasteiger partial charge in [0.1, 0.15) is 11.5 Å². The molecule has 2 aromatic rings. The van der Waals surface area contributed by atoms with Gasteiger partial charge in [0.2, 0.25) is 0 Å². The predicted molar refractivity (Wildman–Crippen MR) is 98.0 cm³/mol. The lowest BCUT2D eigenvalue weighted by atomic mass is 10.2. The molecule has 1 amide bonds. The van der Waals surface area contributed by atoms with Crippen molar-refractivity contribution in [3.05, 3.63) is 58.1 Å². The number of nitrogens with zero attached hydrogens (tertiary/aromatic N) is 1. The molecular formula is C18H19BrN2O3. The Balaban J connectivity index is 2.10. The summed E-state index contributed by atoms with van der Waals surface area (Å²) < 4.78 is 11.8. The summed E-state index contributed by atoms with van der Waals surface area (Å²) in [5.41, 5.74) is 3.79. The van der Waals surface area contributed by atoms with Gasteiger partial charge in [0.15, 0.2) is 0 Å². The van der Waals surface area contributed by atoms with E-state index in [2.05, 4.69) is 26.5 Å². The average molecular weight is 391 g/mol. The Morgan fingerprint density at radius 1 is 1.17 bits per heavy atom. The van der Waals surface area contributed by atoms with Gasteiger partial charge in [-0.25, -0.2) is 5.43 Å². The van der Waals surface area contributed by atoms with Crippen LogP contribution in [-0.2, 0) is 0 Å². The first kappa shape index (κ1) is 18.0. The van der Waals surface area contributed by atoms with Crippen molar-refractivity contribution in [2.45, 2.75) is 13.8 Å². The molecule has 0 atom stereocenters. The molecule has 6 heteroatoms. The number of carbonyl (C=O) groups excluding carboxylic acids is 1. The third kappa shape index (κ3) is 4.83. The van der Waals surface area contributed by atoms with Crippen molar-refractivity contribution in [2.24, 2.45) is 5.10 Å². The highest BCUT2D eigenvalue weighted by Crippen LogP contribution is 2.24. The molecule has 0 bridgehead atoms. The Morgan fingerprint density at radius 2 is 1.92 bits per heavy atom. The Kier molecular flexibility index (Phi) is 6.81. The largest absolute Gasteiger partial charge is 0.494 e. The van der Waals surface area contributed by atoms with E-state index in [1.165, 1.54) is 0 Å². The lowest BCUT2D eigenvalue weighted by Crippen LogP contribution is -2.18. The van der Waals surface area contributed by atoms with Gasteiger partial charge < -0.3 is 9.47 Å². The van der Waals surface area contributed by atoms with Gasteiger partial charge in [-0.1, -0.05) is 12.1 Å². The second kappa shape index (κ2) is 9.08. The van der Waals surface area contributed by atoms with Crippen LogP contribution in [0.5, 0.6) is 11.5 Å². The number of hydrazone groups is 1. The number of nitrogens with one attached hydrogen (secondary N) is 1. The van der Waals surface area contributed by atoms with Gasteiger partial charge in [-0.05, 0) is 54.0 Å². The molecule has 0 fully saturated rings. The molecule has 0 unspecified atom stereocenters. The summed E-state index contributed by atoms with van der Waals surface area (Å²) in [5, 5.41) is 4.01. The van der Waals surface area contributed by atoms with Crippen molar-refractivity contribution < 1.29 is 14.3 Å². The molecule has 0 saturated carbocycles. The van der Waals surface area contributed by atoms with E-state index in [1.54, 1.807) is 24.4 Å². The molecule has 0 spiro atoms. The van der Waals surface area contributed by atoms with Crippen LogP contribution in [0.2, 0.25) is 0 Å². The normalized spacial score (nSPS) is 10.6. The number of hydrogen-bond donors (Lipinski definition) is 1. The number of carbonyl (C=O) groups is 1. The molecule has 0 aliphatic heterocycles. The number of halogens is 1. The van der Waals surface area contributed by atoms with E-state index in [9.17, 15) is 4.79 Å². The quantitative estimate of drug-likeness (QED) is 0.573. The SMILES string of the molecule is CCOc1ccc(/C=N/NC(=O)c2ccccc2Br)c(OCC)c1. The zero-order chi connectivity index (χ0) is 17.4. The molecule has 0 aromatic heterocycles. The van der Waals surface area contributed by atoms with E-state index in [4.69, 9.17) is 9.47 Å². The smallest absolute Gasteiger partial charge is 0.272 e. The highest BCUT2D eigenvalue weighted by atomic mass is 79.9. The fraction of sp³-hybridized carbons (Fsp3) is 0.222. The van der Waals surface area contributed by atoms with E-state index in [0.29, 0.717) is 29.0 Å². The van der Waals surface area contributed by atoms with Gasteiger partial charge in [-0.15, -0.1) is 0 Å². The maximum atomic E-state index is 12.1. The predicted octanol–water partition coefficient (Wildman–Crippen LogP) is 4.01. The topological polar surface area (TPSA) is 59.9 Å². The number of amides is 1. The minimum atomic E-state index is -0.289. The van der Waals surface area contributed by atoms with E-state index in [0.717, 1.165) is 11.3 Å². The van der Waals surface area contributed by atoms with Gasteiger partial charge in [0.25, 0.3) is 5.91 Å².